The average molecular weight is 714 g/mol. The van der Waals surface area contributed by atoms with Gasteiger partial charge in [0.05, 0.1) is 33.1 Å². The molecule has 0 spiro atoms. The molecule has 0 radical (unpaired) electrons. The Morgan fingerprint density at radius 3 is 2.28 bits per heavy atom. The van der Waals surface area contributed by atoms with Gasteiger partial charge in [0, 0.05) is 64.7 Å². The molecule has 0 bridgehead atoms. The molecule has 2 heterocycles. The van der Waals surface area contributed by atoms with Gasteiger partial charge in [0.15, 0.2) is 11.5 Å². The van der Waals surface area contributed by atoms with E-state index in [1.54, 1.807) is 42.7 Å². The van der Waals surface area contributed by atoms with Gasteiger partial charge < -0.3 is 29.7 Å². The van der Waals surface area contributed by atoms with Crippen molar-refractivity contribution in [1.29, 1.82) is 0 Å². The summed E-state index contributed by atoms with van der Waals surface area (Å²) in [6, 6.07) is 6.80. The Morgan fingerprint density at radius 1 is 0.860 bits per heavy atom. The van der Waals surface area contributed by atoms with Gasteiger partial charge in [-0.1, -0.05) is 12.5 Å². The standard InChI is InChI=1S/C36H51N5O8S/c1-25(42)38-29-14-12-26-23-32(47-2)35(48-3)36(49-4)34(26)27-13-15-30(31(43)24-28(27)29)37-16-7-5-6-11-33(44)39-17-10-20-41(22-21-39)50(45,46)40-18-8-9-19-40/h13,15,23-24,29H,5-12,14,16-22H2,1-4H3,(H,37,43)(H,38,42)/t29-/m1/s1. The highest BCUT2D eigenvalue weighted by molar-refractivity contribution is 7.86. The number of unbranched alkanes of at least 4 members (excludes halogenated alkanes) is 2. The van der Waals surface area contributed by atoms with Crippen molar-refractivity contribution >= 4 is 27.7 Å². The van der Waals surface area contributed by atoms with Crippen LogP contribution in [0.1, 0.15) is 75.5 Å². The summed E-state index contributed by atoms with van der Waals surface area (Å²) in [6.45, 7) is 4.91. The third kappa shape index (κ3) is 8.35. The quantitative estimate of drug-likeness (QED) is 0.297. The summed E-state index contributed by atoms with van der Waals surface area (Å²) in [4.78, 5) is 40.6. The van der Waals surface area contributed by atoms with Crippen molar-refractivity contribution in [1.82, 2.24) is 18.8 Å². The third-order valence-corrected chi connectivity index (χ3v) is 11.9. The lowest BCUT2D eigenvalue weighted by Crippen LogP contribution is -2.44. The van der Waals surface area contributed by atoms with E-state index in [0.29, 0.717) is 106 Å². The molecular weight excluding hydrogens is 662 g/mol. The maximum absolute atomic E-state index is 13.6. The van der Waals surface area contributed by atoms with Crippen LogP contribution in [0.2, 0.25) is 0 Å². The fourth-order valence-corrected chi connectivity index (χ4v) is 8.99. The fourth-order valence-electron chi connectivity index (χ4n) is 7.27. The van der Waals surface area contributed by atoms with Crippen molar-refractivity contribution in [2.45, 2.75) is 70.8 Å². The molecule has 0 saturated carbocycles. The Balaban J connectivity index is 1.21. The van der Waals surface area contributed by atoms with Crippen molar-refractivity contribution in [2.24, 2.45) is 0 Å². The molecule has 13 nitrogen and oxygen atoms in total. The second-order valence-electron chi connectivity index (χ2n) is 13.1. The van der Waals surface area contributed by atoms with E-state index in [2.05, 4.69) is 10.6 Å². The number of fused-ring (bicyclic) bond motifs is 3. The molecular formula is C36H51N5O8S. The van der Waals surface area contributed by atoms with Crippen molar-refractivity contribution in [3.05, 3.63) is 45.6 Å². The SMILES string of the molecule is COc1cc2c(c(OC)c1OC)-c1ccc(NCCCCCC(=O)N3CCCN(S(=O)(=O)N4CCCC4)CC3)c(=O)cc1[C@H](NC(C)=O)CC2. The maximum Gasteiger partial charge on any atom is 0.282 e. The smallest absolute Gasteiger partial charge is 0.282 e. The number of ether oxygens (including phenoxy) is 3. The first-order chi connectivity index (χ1) is 24.1. The minimum atomic E-state index is -3.46. The first kappa shape index (κ1) is 37.4. The van der Waals surface area contributed by atoms with Crippen LogP contribution >= 0.6 is 0 Å². The number of nitrogens with zero attached hydrogens (tertiary/aromatic N) is 3. The number of rotatable bonds is 13. The van der Waals surface area contributed by atoms with Crippen LogP contribution in [0.3, 0.4) is 0 Å². The lowest BCUT2D eigenvalue weighted by atomic mass is 9.95. The molecule has 2 fully saturated rings. The lowest BCUT2D eigenvalue weighted by molar-refractivity contribution is -0.131. The van der Waals surface area contributed by atoms with Crippen LogP contribution in [0.4, 0.5) is 5.69 Å². The second-order valence-corrected chi connectivity index (χ2v) is 15.0. The molecule has 2 aromatic rings. The van der Waals surface area contributed by atoms with Gasteiger partial charge in [0.25, 0.3) is 10.2 Å². The number of aryl methyl sites for hydroxylation is 1. The molecule has 2 amide bonds. The first-order valence-electron chi connectivity index (χ1n) is 17.6. The van der Waals surface area contributed by atoms with Gasteiger partial charge in [0.2, 0.25) is 23.0 Å². The highest BCUT2D eigenvalue weighted by Gasteiger charge is 2.33. The zero-order chi connectivity index (χ0) is 35.8. The second kappa shape index (κ2) is 16.9. The summed E-state index contributed by atoms with van der Waals surface area (Å²) >= 11 is 0. The fraction of sp³-hybridized carbons (Fsp3) is 0.583. The summed E-state index contributed by atoms with van der Waals surface area (Å²) in [5.74, 6) is 1.35. The van der Waals surface area contributed by atoms with E-state index in [1.807, 2.05) is 12.1 Å². The summed E-state index contributed by atoms with van der Waals surface area (Å²) in [5, 5.41) is 6.31. The minimum Gasteiger partial charge on any atom is -0.493 e. The van der Waals surface area contributed by atoms with Crippen molar-refractivity contribution in [2.75, 3.05) is 72.5 Å². The molecule has 2 aliphatic heterocycles. The Labute approximate surface area is 295 Å². The predicted octanol–water partition coefficient (Wildman–Crippen LogP) is 3.71. The number of carbonyl (C=O) groups is 2. The Kier molecular flexibility index (Phi) is 12.6. The molecule has 5 rings (SSSR count). The van der Waals surface area contributed by atoms with Gasteiger partial charge >= 0.3 is 0 Å². The number of carbonyl (C=O) groups excluding carboxylic acids is 2. The monoisotopic (exact) mass is 713 g/mol. The number of hydrogen-bond acceptors (Lipinski definition) is 9. The number of amides is 2. The number of benzene rings is 1. The molecule has 274 valence electrons. The molecule has 1 aliphatic carbocycles. The van der Waals surface area contributed by atoms with E-state index in [9.17, 15) is 22.8 Å². The maximum atomic E-state index is 13.6. The number of hydrogen-bond donors (Lipinski definition) is 2. The van der Waals surface area contributed by atoms with Crippen LogP contribution in [0.5, 0.6) is 17.2 Å². The van der Waals surface area contributed by atoms with Crippen LogP contribution in [0.15, 0.2) is 29.1 Å². The number of anilines is 1. The van der Waals surface area contributed by atoms with E-state index in [4.69, 9.17) is 14.2 Å². The lowest BCUT2D eigenvalue weighted by Gasteiger charge is -2.26. The topological polar surface area (TPSA) is 147 Å². The number of methoxy groups -OCH3 is 3. The summed E-state index contributed by atoms with van der Waals surface area (Å²) in [7, 11) is 1.23. The van der Waals surface area contributed by atoms with Gasteiger partial charge in [-0.15, -0.1) is 0 Å². The van der Waals surface area contributed by atoms with Gasteiger partial charge in [-0.3, -0.25) is 14.4 Å². The van der Waals surface area contributed by atoms with E-state index >= 15 is 0 Å². The van der Waals surface area contributed by atoms with Crippen LogP contribution in [0, 0.1) is 0 Å². The zero-order valence-corrected chi connectivity index (χ0v) is 30.5. The third-order valence-electron chi connectivity index (χ3n) is 9.82. The van der Waals surface area contributed by atoms with Gasteiger partial charge in [-0.05, 0) is 79.8 Å². The first-order valence-corrected chi connectivity index (χ1v) is 19.0. The summed E-state index contributed by atoms with van der Waals surface area (Å²) < 4.78 is 46.2. The van der Waals surface area contributed by atoms with Gasteiger partial charge in [-0.2, -0.15) is 17.0 Å². The number of nitrogens with one attached hydrogen (secondary N) is 2. The largest absolute Gasteiger partial charge is 0.493 e. The van der Waals surface area contributed by atoms with Crippen molar-refractivity contribution in [3.8, 4) is 28.4 Å². The molecule has 2 N–H and O–H groups in total. The molecule has 2 saturated heterocycles. The van der Waals surface area contributed by atoms with Crippen molar-refractivity contribution < 1.29 is 32.2 Å². The summed E-state index contributed by atoms with van der Waals surface area (Å²) in [5.41, 5.74) is 3.47. The van der Waals surface area contributed by atoms with Crippen LogP contribution in [-0.2, 0) is 26.2 Å². The average Bonchev–Trinajstić information content (AvgIpc) is 3.41. The van der Waals surface area contributed by atoms with Gasteiger partial charge in [0.1, 0.15) is 0 Å². The van der Waals surface area contributed by atoms with Gasteiger partial charge in [-0.25, -0.2) is 0 Å². The zero-order valence-electron chi connectivity index (χ0n) is 29.7. The Hall–Kier alpha value is -3.88. The normalized spacial score (nSPS) is 18.3. The summed E-state index contributed by atoms with van der Waals surface area (Å²) in [6.07, 6.45) is 6.28. The van der Waals surface area contributed by atoms with Crippen LogP contribution in [-0.4, -0.2) is 101 Å². The molecule has 50 heavy (non-hydrogen) atoms. The molecule has 3 aliphatic rings. The van der Waals surface area contributed by atoms with Crippen LogP contribution in [0.25, 0.3) is 11.1 Å². The molecule has 0 unspecified atom stereocenters. The molecule has 0 aromatic heterocycles. The van der Waals surface area contributed by atoms with E-state index in [1.165, 1.54) is 11.2 Å². The molecule has 2 aromatic carbocycles. The molecule has 14 heteroatoms. The van der Waals surface area contributed by atoms with E-state index < -0.39 is 10.2 Å². The minimum absolute atomic E-state index is 0.0514. The highest BCUT2D eigenvalue weighted by Crippen LogP contribution is 2.50. The van der Waals surface area contributed by atoms with Crippen LogP contribution < -0.4 is 30.3 Å². The Bertz CT molecular complexity index is 1710. The highest BCUT2D eigenvalue weighted by atomic mass is 32.2. The van der Waals surface area contributed by atoms with E-state index in [-0.39, 0.29) is 23.3 Å². The predicted molar refractivity (Wildman–Crippen MR) is 192 cm³/mol. The Morgan fingerprint density at radius 2 is 1.58 bits per heavy atom. The van der Waals surface area contributed by atoms with Crippen molar-refractivity contribution in [3.63, 3.8) is 0 Å². The van der Waals surface area contributed by atoms with E-state index in [0.717, 1.165) is 42.4 Å². The molecule has 1 atom stereocenters.